The van der Waals surface area contributed by atoms with Crippen molar-refractivity contribution in [1.29, 1.82) is 0 Å². The third kappa shape index (κ3) is 1.92. The van der Waals surface area contributed by atoms with E-state index in [0.717, 1.165) is 11.3 Å². The van der Waals surface area contributed by atoms with Crippen LogP contribution in [0.2, 0.25) is 5.15 Å². The van der Waals surface area contributed by atoms with Gasteiger partial charge in [0.15, 0.2) is 5.15 Å². The van der Waals surface area contributed by atoms with Crippen LogP contribution in [0.4, 0.5) is 0 Å². The molecule has 0 radical (unpaired) electrons. The summed E-state index contributed by atoms with van der Waals surface area (Å²) in [6.07, 6.45) is 5.49. The predicted molar refractivity (Wildman–Crippen MR) is 65.0 cm³/mol. The molecule has 0 amide bonds. The first-order valence-electron chi connectivity index (χ1n) is 4.42. The van der Waals surface area contributed by atoms with E-state index in [4.69, 9.17) is 11.6 Å². The Balaban J connectivity index is 2.79. The lowest BCUT2D eigenvalue weighted by Crippen LogP contribution is -1.89. The molecule has 0 aliphatic carbocycles. The zero-order chi connectivity index (χ0) is 11.0. The summed E-state index contributed by atoms with van der Waals surface area (Å²) >= 11 is 9.36. The van der Waals surface area contributed by atoms with Crippen LogP contribution < -0.4 is 0 Å². The second kappa shape index (κ2) is 3.94. The van der Waals surface area contributed by atoms with Crippen molar-refractivity contribution in [3.05, 3.63) is 33.5 Å². The zero-order valence-electron chi connectivity index (χ0n) is 8.33. The van der Waals surface area contributed by atoms with Crippen molar-refractivity contribution >= 4 is 39.1 Å². The number of fused-ring (bicyclic) bond motifs is 1. The topological polar surface area (TPSA) is 30.2 Å². The van der Waals surface area contributed by atoms with Crippen LogP contribution in [0.3, 0.4) is 0 Å². The molecule has 0 spiro atoms. The SMILES string of the molecule is CC(C)=Cc1nc(Br)c2c(Cl)nccn12. The van der Waals surface area contributed by atoms with Gasteiger partial charge in [0, 0.05) is 12.4 Å². The molecule has 0 N–H and O–H groups in total. The summed E-state index contributed by atoms with van der Waals surface area (Å²) in [5.74, 6) is 0.848. The summed E-state index contributed by atoms with van der Waals surface area (Å²) in [7, 11) is 0. The van der Waals surface area contributed by atoms with Gasteiger partial charge in [0.25, 0.3) is 0 Å². The van der Waals surface area contributed by atoms with Gasteiger partial charge in [-0.05, 0) is 35.9 Å². The van der Waals surface area contributed by atoms with Crippen molar-refractivity contribution in [2.75, 3.05) is 0 Å². The van der Waals surface area contributed by atoms with Crippen LogP contribution >= 0.6 is 27.5 Å². The molecule has 0 fully saturated rings. The maximum atomic E-state index is 5.99. The van der Waals surface area contributed by atoms with Gasteiger partial charge in [-0.2, -0.15) is 0 Å². The standard InChI is InChI=1S/C10H9BrClN3/c1-6(2)5-7-14-9(11)8-10(12)13-3-4-15(7)8/h3-5H,1-2H3. The highest BCUT2D eigenvalue weighted by molar-refractivity contribution is 9.10. The van der Waals surface area contributed by atoms with Crippen LogP contribution in [-0.2, 0) is 0 Å². The molecular formula is C10H9BrClN3. The second-order valence-corrected chi connectivity index (χ2v) is 4.53. The van der Waals surface area contributed by atoms with Gasteiger partial charge < -0.3 is 0 Å². The van der Waals surface area contributed by atoms with Crippen molar-refractivity contribution in [3.8, 4) is 0 Å². The molecule has 5 heteroatoms. The quantitative estimate of drug-likeness (QED) is 0.802. The van der Waals surface area contributed by atoms with E-state index in [9.17, 15) is 0 Å². The number of hydrogen-bond donors (Lipinski definition) is 0. The Kier molecular flexibility index (Phi) is 2.80. The van der Waals surface area contributed by atoms with Crippen LogP contribution in [0.15, 0.2) is 22.6 Å². The minimum Gasteiger partial charge on any atom is -0.295 e. The first-order chi connectivity index (χ1) is 7.09. The van der Waals surface area contributed by atoms with Crippen LogP contribution in [0.5, 0.6) is 0 Å². The molecule has 0 bridgehead atoms. The third-order valence-electron chi connectivity index (χ3n) is 1.91. The number of allylic oxidation sites excluding steroid dienone is 1. The molecule has 2 aromatic heterocycles. The van der Waals surface area contributed by atoms with Crippen LogP contribution in [0.1, 0.15) is 19.7 Å². The summed E-state index contributed by atoms with van der Waals surface area (Å²) in [5, 5.41) is 0.449. The van der Waals surface area contributed by atoms with Crippen molar-refractivity contribution in [3.63, 3.8) is 0 Å². The maximum Gasteiger partial charge on any atom is 0.155 e. The van der Waals surface area contributed by atoms with Crippen molar-refractivity contribution in [2.45, 2.75) is 13.8 Å². The molecule has 0 aliphatic heterocycles. The summed E-state index contributed by atoms with van der Waals surface area (Å²) in [6, 6.07) is 0. The molecule has 0 aliphatic rings. The Morgan fingerprint density at radius 1 is 1.53 bits per heavy atom. The molecule has 2 aromatic rings. The number of rotatable bonds is 1. The van der Waals surface area contributed by atoms with Crippen molar-refractivity contribution in [2.24, 2.45) is 0 Å². The average Bonchev–Trinajstić information content (AvgIpc) is 2.44. The zero-order valence-corrected chi connectivity index (χ0v) is 10.7. The van der Waals surface area contributed by atoms with Gasteiger partial charge >= 0.3 is 0 Å². The lowest BCUT2D eigenvalue weighted by molar-refractivity contribution is 1.09. The number of halogens is 2. The molecule has 78 valence electrons. The first kappa shape index (κ1) is 10.6. The molecule has 0 aromatic carbocycles. The summed E-state index contributed by atoms with van der Waals surface area (Å²) in [6.45, 7) is 4.05. The Morgan fingerprint density at radius 2 is 2.27 bits per heavy atom. The Morgan fingerprint density at radius 3 is 2.93 bits per heavy atom. The van der Waals surface area contributed by atoms with Crippen molar-refractivity contribution < 1.29 is 0 Å². The van der Waals surface area contributed by atoms with E-state index in [0.29, 0.717) is 9.76 Å². The molecule has 0 atom stereocenters. The van der Waals surface area contributed by atoms with Crippen LogP contribution in [0.25, 0.3) is 11.6 Å². The van der Waals surface area contributed by atoms with Gasteiger partial charge in [-0.25, -0.2) is 9.97 Å². The van der Waals surface area contributed by atoms with Crippen LogP contribution in [-0.4, -0.2) is 14.4 Å². The number of imidazole rings is 1. The molecular weight excluding hydrogens is 277 g/mol. The first-order valence-corrected chi connectivity index (χ1v) is 5.59. The van der Waals surface area contributed by atoms with Gasteiger partial charge in [-0.1, -0.05) is 17.2 Å². The van der Waals surface area contributed by atoms with Crippen LogP contribution in [0, 0.1) is 0 Å². The highest BCUT2D eigenvalue weighted by Crippen LogP contribution is 2.25. The highest BCUT2D eigenvalue weighted by Gasteiger charge is 2.10. The monoisotopic (exact) mass is 285 g/mol. The molecule has 2 heterocycles. The van der Waals surface area contributed by atoms with E-state index < -0.39 is 0 Å². The van der Waals surface area contributed by atoms with E-state index >= 15 is 0 Å². The normalized spacial score (nSPS) is 10.7. The minimum absolute atomic E-state index is 0.449. The smallest absolute Gasteiger partial charge is 0.155 e. The maximum absolute atomic E-state index is 5.99. The number of nitrogens with zero attached hydrogens (tertiary/aromatic N) is 3. The summed E-state index contributed by atoms with van der Waals surface area (Å²) in [4.78, 5) is 8.38. The van der Waals surface area contributed by atoms with Gasteiger partial charge in [0.2, 0.25) is 0 Å². The van der Waals surface area contributed by atoms with E-state index in [-0.39, 0.29) is 0 Å². The van der Waals surface area contributed by atoms with E-state index in [1.165, 1.54) is 5.57 Å². The number of aromatic nitrogens is 3. The van der Waals surface area contributed by atoms with E-state index in [1.54, 1.807) is 6.20 Å². The van der Waals surface area contributed by atoms with E-state index in [1.807, 2.05) is 30.5 Å². The average molecular weight is 287 g/mol. The van der Waals surface area contributed by atoms with Crippen molar-refractivity contribution in [1.82, 2.24) is 14.4 Å². The van der Waals surface area contributed by atoms with Gasteiger partial charge in [-0.15, -0.1) is 0 Å². The van der Waals surface area contributed by atoms with Gasteiger partial charge in [-0.3, -0.25) is 4.40 Å². The fraction of sp³-hybridized carbons (Fsp3) is 0.200. The largest absolute Gasteiger partial charge is 0.295 e. The molecule has 2 rings (SSSR count). The van der Waals surface area contributed by atoms with Gasteiger partial charge in [0.05, 0.1) is 0 Å². The lowest BCUT2D eigenvalue weighted by atomic mass is 10.3. The Hall–Kier alpha value is -0.870. The molecule has 3 nitrogen and oxygen atoms in total. The minimum atomic E-state index is 0.449. The third-order valence-corrected chi connectivity index (χ3v) is 2.74. The molecule has 0 unspecified atom stereocenters. The van der Waals surface area contributed by atoms with Gasteiger partial charge in [0.1, 0.15) is 15.9 Å². The molecule has 0 saturated heterocycles. The Labute approximate surface area is 101 Å². The fourth-order valence-electron chi connectivity index (χ4n) is 1.34. The summed E-state index contributed by atoms with van der Waals surface area (Å²) < 4.78 is 2.62. The predicted octanol–water partition coefficient (Wildman–Crippen LogP) is 3.57. The fourth-order valence-corrected chi connectivity index (χ4v) is 2.25. The molecule has 0 saturated carbocycles. The number of hydrogen-bond acceptors (Lipinski definition) is 2. The van der Waals surface area contributed by atoms with E-state index in [2.05, 4.69) is 25.9 Å². The highest BCUT2D eigenvalue weighted by atomic mass is 79.9. The second-order valence-electron chi connectivity index (χ2n) is 3.42. The molecule has 15 heavy (non-hydrogen) atoms. The Bertz CT molecular complexity index is 541. The lowest BCUT2D eigenvalue weighted by Gasteiger charge is -1.97. The summed E-state index contributed by atoms with van der Waals surface area (Å²) in [5.41, 5.74) is 1.98.